The molecule has 0 aliphatic carbocycles. The van der Waals surface area contributed by atoms with Crippen LogP contribution in [0.4, 0.5) is 11.4 Å². The molecule has 1 aromatic rings. The molecule has 0 unspecified atom stereocenters. The van der Waals surface area contributed by atoms with Gasteiger partial charge in [-0.2, -0.15) is 0 Å². The molecule has 3 N–H and O–H groups in total. The number of benzene rings is 1. The van der Waals surface area contributed by atoms with Crippen molar-refractivity contribution >= 4 is 29.1 Å². The van der Waals surface area contributed by atoms with Gasteiger partial charge in [-0.05, 0) is 13.1 Å². The van der Waals surface area contributed by atoms with Crippen LogP contribution in [0.3, 0.4) is 0 Å². The Morgan fingerprint density at radius 1 is 1.62 bits per heavy atom. The molecular weight excluding hydrogens is 230 g/mol. The first-order valence-electron chi connectivity index (χ1n) is 4.60. The molecule has 0 amide bonds. The smallest absolute Gasteiger partial charge is 0.294 e. The number of nitrogens with one attached hydrogen (secondary N) is 1. The summed E-state index contributed by atoms with van der Waals surface area (Å²) in [6.07, 6.45) is 3.51. The maximum atomic E-state index is 10.7. The largest absolute Gasteiger partial charge is 0.393 e. The quantitative estimate of drug-likeness (QED) is 0.480. The lowest BCUT2D eigenvalue weighted by Crippen LogP contribution is -2.04. The summed E-state index contributed by atoms with van der Waals surface area (Å²) in [4.78, 5) is 10.1. The van der Waals surface area contributed by atoms with Crippen LogP contribution in [0.15, 0.2) is 18.2 Å². The lowest BCUT2D eigenvalue weighted by Gasteiger charge is -2.02. The number of likely N-dealkylation sites (N-methyl/N-ethyl adjacent to an activating group) is 1. The van der Waals surface area contributed by atoms with Crippen LogP contribution in [0.25, 0.3) is 6.08 Å². The number of halogens is 1. The Labute approximate surface area is 98.0 Å². The highest BCUT2D eigenvalue weighted by molar-refractivity contribution is 6.31. The molecule has 0 radical (unpaired) electrons. The fraction of sp³-hybridized carbons (Fsp3) is 0.200. The molecule has 1 rings (SSSR count). The first kappa shape index (κ1) is 12.5. The second-order valence-electron chi connectivity index (χ2n) is 3.14. The third kappa shape index (κ3) is 2.95. The molecule has 0 aliphatic heterocycles. The molecule has 0 saturated carbocycles. The van der Waals surface area contributed by atoms with Gasteiger partial charge in [0.1, 0.15) is 5.69 Å². The third-order valence-corrected chi connectivity index (χ3v) is 2.19. The average Bonchev–Trinajstić information content (AvgIpc) is 2.22. The highest BCUT2D eigenvalue weighted by Crippen LogP contribution is 2.30. The zero-order chi connectivity index (χ0) is 12.1. The molecule has 16 heavy (non-hydrogen) atoms. The van der Waals surface area contributed by atoms with E-state index in [9.17, 15) is 10.1 Å². The summed E-state index contributed by atoms with van der Waals surface area (Å²) in [7, 11) is 1.80. The van der Waals surface area contributed by atoms with Crippen LogP contribution in [-0.2, 0) is 0 Å². The number of hydrogen-bond acceptors (Lipinski definition) is 4. The fourth-order valence-electron chi connectivity index (χ4n) is 1.22. The van der Waals surface area contributed by atoms with E-state index in [1.54, 1.807) is 19.2 Å². The van der Waals surface area contributed by atoms with Crippen molar-refractivity contribution < 1.29 is 4.92 Å². The summed E-state index contributed by atoms with van der Waals surface area (Å²) in [5.74, 6) is 0. The molecule has 5 nitrogen and oxygen atoms in total. The molecular formula is C10H12ClN3O2. The standard InChI is InChI=1S/C10H12ClN3O2/c1-13-4-2-3-7-5-8(11)6-9(10(7)12)14(15)16/h2-3,5-6,13H,4,12H2,1H3. The third-order valence-electron chi connectivity index (χ3n) is 1.97. The maximum absolute atomic E-state index is 10.7. The fourth-order valence-corrected chi connectivity index (χ4v) is 1.44. The molecule has 0 atom stereocenters. The monoisotopic (exact) mass is 241 g/mol. The number of nitro groups is 1. The summed E-state index contributed by atoms with van der Waals surface area (Å²) >= 11 is 5.77. The number of nitrogens with two attached hydrogens (primary N) is 1. The van der Waals surface area contributed by atoms with Gasteiger partial charge in [0.15, 0.2) is 0 Å². The number of anilines is 1. The van der Waals surface area contributed by atoms with Gasteiger partial charge in [-0.1, -0.05) is 23.8 Å². The molecule has 0 bridgehead atoms. The van der Waals surface area contributed by atoms with E-state index in [0.717, 1.165) is 0 Å². The Balaban J connectivity index is 3.14. The van der Waals surface area contributed by atoms with Crippen molar-refractivity contribution in [1.29, 1.82) is 0 Å². The van der Waals surface area contributed by atoms with E-state index in [2.05, 4.69) is 5.32 Å². The normalized spacial score (nSPS) is 10.9. The topological polar surface area (TPSA) is 81.2 Å². The van der Waals surface area contributed by atoms with Crippen LogP contribution < -0.4 is 11.1 Å². The van der Waals surface area contributed by atoms with Gasteiger partial charge in [-0.15, -0.1) is 0 Å². The van der Waals surface area contributed by atoms with Crippen LogP contribution in [0, 0.1) is 10.1 Å². The molecule has 0 spiro atoms. The van der Waals surface area contributed by atoms with Crippen LogP contribution >= 0.6 is 11.6 Å². The van der Waals surface area contributed by atoms with Crippen molar-refractivity contribution in [2.75, 3.05) is 19.3 Å². The Bertz CT molecular complexity index is 432. The van der Waals surface area contributed by atoms with E-state index >= 15 is 0 Å². The lowest BCUT2D eigenvalue weighted by molar-refractivity contribution is -0.383. The molecule has 86 valence electrons. The zero-order valence-corrected chi connectivity index (χ0v) is 9.49. The maximum Gasteiger partial charge on any atom is 0.294 e. The number of rotatable bonds is 4. The Hall–Kier alpha value is -1.59. The number of nitrogens with zero attached hydrogens (tertiary/aromatic N) is 1. The molecule has 0 aliphatic rings. The van der Waals surface area contributed by atoms with Gasteiger partial charge >= 0.3 is 0 Å². The number of nitrogen functional groups attached to an aromatic ring is 1. The average molecular weight is 242 g/mol. The van der Waals surface area contributed by atoms with E-state index < -0.39 is 4.92 Å². The lowest BCUT2D eigenvalue weighted by atomic mass is 10.1. The highest BCUT2D eigenvalue weighted by Gasteiger charge is 2.14. The van der Waals surface area contributed by atoms with Crippen LogP contribution in [0.2, 0.25) is 5.02 Å². The Morgan fingerprint density at radius 3 is 2.88 bits per heavy atom. The van der Waals surface area contributed by atoms with Gasteiger partial charge in [0.2, 0.25) is 0 Å². The van der Waals surface area contributed by atoms with Crippen molar-refractivity contribution in [2.24, 2.45) is 0 Å². The van der Waals surface area contributed by atoms with Crippen molar-refractivity contribution in [3.8, 4) is 0 Å². The minimum Gasteiger partial charge on any atom is -0.393 e. The van der Waals surface area contributed by atoms with Crippen molar-refractivity contribution in [3.05, 3.63) is 38.9 Å². The SMILES string of the molecule is CNCC=Cc1cc(Cl)cc([N+](=O)[O-])c1N. The second kappa shape index (κ2) is 5.48. The van der Waals surface area contributed by atoms with E-state index in [1.807, 2.05) is 6.08 Å². The van der Waals surface area contributed by atoms with Crippen molar-refractivity contribution in [3.63, 3.8) is 0 Å². The van der Waals surface area contributed by atoms with Gasteiger partial charge in [0, 0.05) is 23.2 Å². The Morgan fingerprint density at radius 2 is 2.31 bits per heavy atom. The highest BCUT2D eigenvalue weighted by atomic mass is 35.5. The van der Waals surface area contributed by atoms with Crippen LogP contribution in [-0.4, -0.2) is 18.5 Å². The molecule has 0 aromatic heterocycles. The van der Waals surface area contributed by atoms with E-state index in [4.69, 9.17) is 17.3 Å². The second-order valence-corrected chi connectivity index (χ2v) is 3.58. The zero-order valence-electron chi connectivity index (χ0n) is 8.74. The summed E-state index contributed by atoms with van der Waals surface area (Å²) in [6, 6.07) is 2.84. The molecule has 0 saturated heterocycles. The molecule has 0 heterocycles. The molecule has 1 aromatic carbocycles. The van der Waals surface area contributed by atoms with Gasteiger partial charge < -0.3 is 11.1 Å². The summed E-state index contributed by atoms with van der Waals surface area (Å²) in [5.41, 5.74) is 6.17. The first-order valence-corrected chi connectivity index (χ1v) is 4.98. The minimum atomic E-state index is -0.545. The van der Waals surface area contributed by atoms with E-state index in [1.165, 1.54) is 6.07 Å². The van der Waals surface area contributed by atoms with Crippen molar-refractivity contribution in [2.45, 2.75) is 0 Å². The van der Waals surface area contributed by atoms with E-state index in [-0.39, 0.29) is 11.4 Å². The van der Waals surface area contributed by atoms with Gasteiger partial charge in [0.05, 0.1) is 4.92 Å². The van der Waals surface area contributed by atoms with Gasteiger partial charge in [0.25, 0.3) is 5.69 Å². The van der Waals surface area contributed by atoms with Gasteiger partial charge in [-0.3, -0.25) is 10.1 Å². The Kier molecular flexibility index (Phi) is 4.28. The first-order chi connectivity index (χ1) is 7.56. The minimum absolute atomic E-state index is 0.127. The van der Waals surface area contributed by atoms with Crippen LogP contribution in [0.5, 0.6) is 0 Å². The van der Waals surface area contributed by atoms with Crippen LogP contribution in [0.1, 0.15) is 5.56 Å². The predicted molar refractivity (Wildman–Crippen MR) is 65.5 cm³/mol. The molecule has 6 heteroatoms. The molecule has 0 fully saturated rings. The van der Waals surface area contributed by atoms with E-state index in [0.29, 0.717) is 17.1 Å². The summed E-state index contributed by atoms with van der Waals surface area (Å²) in [5, 5.41) is 13.9. The predicted octanol–water partition coefficient (Wildman–Crippen LogP) is 2.06. The van der Waals surface area contributed by atoms with Gasteiger partial charge in [-0.25, -0.2) is 0 Å². The number of hydrogen-bond donors (Lipinski definition) is 2. The number of nitro benzene ring substituents is 1. The summed E-state index contributed by atoms with van der Waals surface area (Å²) < 4.78 is 0. The van der Waals surface area contributed by atoms with Crippen molar-refractivity contribution in [1.82, 2.24) is 5.32 Å². The summed E-state index contributed by atoms with van der Waals surface area (Å²) in [6.45, 7) is 0.653.